The van der Waals surface area contributed by atoms with E-state index in [2.05, 4.69) is 4.98 Å². The molecular weight excluding hydrogens is 249 g/mol. The Morgan fingerprint density at radius 1 is 1.26 bits per heavy atom. The standard InChI is InChI=1S/C14H8FNO3/c15-10-2-1-3-12-9(10)7-13(19-12)11-6-8(14(17)18)4-5-16-11/h1-7H,(H,17,18). The zero-order chi connectivity index (χ0) is 13.4. The lowest BCUT2D eigenvalue weighted by Crippen LogP contribution is -1.96. The van der Waals surface area contributed by atoms with Crippen LogP contribution in [0.15, 0.2) is 47.0 Å². The normalized spacial score (nSPS) is 10.8. The molecule has 0 bridgehead atoms. The fourth-order valence-electron chi connectivity index (χ4n) is 1.85. The quantitative estimate of drug-likeness (QED) is 0.764. The Kier molecular flexibility index (Phi) is 2.52. The molecule has 0 spiro atoms. The second-order valence-electron chi connectivity index (χ2n) is 4.00. The first kappa shape index (κ1) is 11.4. The number of carbonyl (C=O) groups is 1. The van der Waals surface area contributed by atoms with Gasteiger partial charge in [0.05, 0.1) is 10.9 Å². The number of nitrogens with zero attached hydrogens (tertiary/aromatic N) is 1. The largest absolute Gasteiger partial charge is 0.478 e. The molecule has 5 heteroatoms. The van der Waals surface area contributed by atoms with E-state index in [9.17, 15) is 9.18 Å². The number of carboxylic acids is 1. The second-order valence-corrected chi connectivity index (χ2v) is 4.00. The van der Waals surface area contributed by atoms with Crippen molar-refractivity contribution in [1.82, 2.24) is 4.98 Å². The van der Waals surface area contributed by atoms with E-state index >= 15 is 0 Å². The summed E-state index contributed by atoms with van der Waals surface area (Å²) in [6, 6.07) is 8.81. The van der Waals surface area contributed by atoms with Gasteiger partial charge in [-0.15, -0.1) is 0 Å². The van der Waals surface area contributed by atoms with Crippen LogP contribution in [0, 0.1) is 5.82 Å². The van der Waals surface area contributed by atoms with Gasteiger partial charge in [0.15, 0.2) is 5.76 Å². The first-order valence-electron chi connectivity index (χ1n) is 5.53. The predicted molar refractivity (Wildman–Crippen MR) is 66.4 cm³/mol. The molecule has 2 heterocycles. The molecule has 19 heavy (non-hydrogen) atoms. The van der Waals surface area contributed by atoms with Gasteiger partial charge in [-0.2, -0.15) is 0 Å². The van der Waals surface area contributed by atoms with Crippen LogP contribution in [0.2, 0.25) is 0 Å². The van der Waals surface area contributed by atoms with E-state index in [4.69, 9.17) is 9.52 Å². The van der Waals surface area contributed by atoms with Crippen LogP contribution in [0.4, 0.5) is 4.39 Å². The summed E-state index contributed by atoms with van der Waals surface area (Å²) in [5, 5.41) is 9.27. The first-order valence-corrected chi connectivity index (χ1v) is 5.53. The van der Waals surface area contributed by atoms with Gasteiger partial charge in [0.25, 0.3) is 0 Å². The molecule has 0 radical (unpaired) electrons. The molecule has 3 aromatic rings. The molecule has 3 rings (SSSR count). The topological polar surface area (TPSA) is 63.3 Å². The van der Waals surface area contributed by atoms with Gasteiger partial charge in [-0.1, -0.05) is 6.07 Å². The van der Waals surface area contributed by atoms with Crippen molar-refractivity contribution in [2.45, 2.75) is 0 Å². The third-order valence-corrected chi connectivity index (χ3v) is 2.77. The summed E-state index contributed by atoms with van der Waals surface area (Å²) in [4.78, 5) is 14.9. The SMILES string of the molecule is O=C(O)c1ccnc(-c2cc3c(F)cccc3o2)c1. The van der Waals surface area contributed by atoms with Gasteiger partial charge in [-0.25, -0.2) is 9.18 Å². The summed E-state index contributed by atoms with van der Waals surface area (Å²) in [7, 11) is 0. The van der Waals surface area contributed by atoms with Crippen LogP contribution >= 0.6 is 0 Å². The molecule has 1 aromatic carbocycles. The van der Waals surface area contributed by atoms with Crippen molar-refractivity contribution in [3.63, 3.8) is 0 Å². The van der Waals surface area contributed by atoms with Crippen molar-refractivity contribution in [2.24, 2.45) is 0 Å². The van der Waals surface area contributed by atoms with Gasteiger partial charge in [0.2, 0.25) is 0 Å². The summed E-state index contributed by atoms with van der Waals surface area (Å²) in [6.07, 6.45) is 1.38. The molecule has 0 saturated carbocycles. The van der Waals surface area contributed by atoms with Gasteiger partial charge in [0, 0.05) is 6.20 Å². The Labute approximate surface area is 107 Å². The maximum Gasteiger partial charge on any atom is 0.335 e. The van der Waals surface area contributed by atoms with Crippen LogP contribution in [0.1, 0.15) is 10.4 Å². The number of furan rings is 1. The third kappa shape index (κ3) is 1.95. The van der Waals surface area contributed by atoms with Gasteiger partial charge in [0.1, 0.15) is 17.1 Å². The van der Waals surface area contributed by atoms with Crippen LogP contribution in [0.3, 0.4) is 0 Å². The van der Waals surface area contributed by atoms with Crippen LogP contribution in [0.5, 0.6) is 0 Å². The molecule has 0 atom stereocenters. The molecule has 4 nitrogen and oxygen atoms in total. The number of hydrogen-bond acceptors (Lipinski definition) is 3. The molecule has 0 aliphatic rings. The first-order chi connectivity index (χ1) is 9.15. The lowest BCUT2D eigenvalue weighted by Gasteiger charge is -1.97. The molecule has 94 valence electrons. The number of hydrogen-bond donors (Lipinski definition) is 1. The minimum atomic E-state index is -1.05. The number of halogens is 1. The Morgan fingerprint density at radius 3 is 2.84 bits per heavy atom. The molecule has 0 saturated heterocycles. The third-order valence-electron chi connectivity index (χ3n) is 2.77. The molecule has 0 unspecified atom stereocenters. The monoisotopic (exact) mass is 257 g/mol. The van der Waals surface area contributed by atoms with Gasteiger partial charge >= 0.3 is 5.97 Å². The van der Waals surface area contributed by atoms with Crippen LogP contribution in [-0.4, -0.2) is 16.1 Å². The molecular formula is C14H8FNO3. The highest BCUT2D eigenvalue weighted by Crippen LogP contribution is 2.28. The van der Waals surface area contributed by atoms with E-state index in [0.717, 1.165) is 0 Å². The lowest BCUT2D eigenvalue weighted by atomic mass is 10.2. The number of aromatic nitrogens is 1. The highest BCUT2D eigenvalue weighted by molar-refractivity contribution is 5.89. The summed E-state index contributed by atoms with van der Waals surface area (Å²) in [6.45, 7) is 0. The van der Waals surface area contributed by atoms with Crippen LogP contribution in [-0.2, 0) is 0 Å². The average molecular weight is 257 g/mol. The molecule has 2 aromatic heterocycles. The molecule has 0 amide bonds. The van der Waals surface area contributed by atoms with Crippen molar-refractivity contribution in [1.29, 1.82) is 0 Å². The van der Waals surface area contributed by atoms with Crippen LogP contribution in [0.25, 0.3) is 22.4 Å². The smallest absolute Gasteiger partial charge is 0.335 e. The zero-order valence-electron chi connectivity index (χ0n) is 9.63. The van der Waals surface area contributed by atoms with E-state index < -0.39 is 5.97 Å². The predicted octanol–water partition coefficient (Wildman–Crippen LogP) is 3.33. The number of fused-ring (bicyclic) bond motifs is 1. The van der Waals surface area contributed by atoms with Crippen molar-refractivity contribution in [2.75, 3.05) is 0 Å². The fourth-order valence-corrected chi connectivity index (χ4v) is 1.85. The van der Waals surface area contributed by atoms with Crippen LogP contribution < -0.4 is 0 Å². The minimum Gasteiger partial charge on any atom is -0.478 e. The Bertz CT molecular complexity index is 779. The number of aromatic carboxylic acids is 1. The Morgan fingerprint density at radius 2 is 2.11 bits per heavy atom. The van der Waals surface area contributed by atoms with Gasteiger partial charge in [-0.05, 0) is 30.3 Å². The molecule has 0 aliphatic heterocycles. The van der Waals surface area contributed by atoms with E-state index in [1.807, 2.05) is 0 Å². The molecule has 1 N–H and O–H groups in total. The summed E-state index contributed by atoms with van der Waals surface area (Å²) in [5.74, 6) is -1.10. The number of carboxylic acid groups (broad SMARTS) is 1. The van der Waals surface area contributed by atoms with Crippen molar-refractivity contribution in [3.8, 4) is 11.5 Å². The number of benzene rings is 1. The summed E-state index contributed by atoms with van der Waals surface area (Å²) < 4.78 is 19.0. The fraction of sp³-hybridized carbons (Fsp3) is 0. The Hall–Kier alpha value is -2.69. The summed E-state index contributed by atoms with van der Waals surface area (Å²) in [5.41, 5.74) is 0.860. The molecule has 0 aliphatic carbocycles. The maximum atomic E-state index is 13.5. The number of rotatable bonds is 2. The van der Waals surface area contributed by atoms with E-state index in [0.29, 0.717) is 22.4 Å². The van der Waals surface area contributed by atoms with Crippen molar-refractivity contribution in [3.05, 3.63) is 54.0 Å². The van der Waals surface area contributed by atoms with E-state index in [-0.39, 0.29) is 11.4 Å². The number of pyridine rings is 1. The summed E-state index contributed by atoms with van der Waals surface area (Å²) >= 11 is 0. The molecule has 0 fully saturated rings. The average Bonchev–Trinajstić information content (AvgIpc) is 2.84. The lowest BCUT2D eigenvalue weighted by molar-refractivity contribution is 0.0697. The maximum absolute atomic E-state index is 13.5. The highest BCUT2D eigenvalue weighted by atomic mass is 19.1. The van der Waals surface area contributed by atoms with Crippen molar-refractivity contribution < 1.29 is 18.7 Å². The van der Waals surface area contributed by atoms with Gasteiger partial charge < -0.3 is 9.52 Å². The van der Waals surface area contributed by atoms with Crippen molar-refractivity contribution >= 4 is 16.9 Å². The minimum absolute atomic E-state index is 0.103. The highest BCUT2D eigenvalue weighted by Gasteiger charge is 2.12. The zero-order valence-corrected chi connectivity index (χ0v) is 9.63. The van der Waals surface area contributed by atoms with E-state index in [1.54, 1.807) is 12.1 Å². The van der Waals surface area contributed by atoms with E-state index in [1.165, 1.54) is 30.5 Å². The van der Waals surface area contributed by atoms with Gasteiger partial charge in [-0.3, -0.25) is 4.98 Å². The second kappa shape index (κ2) is 4.20. The Balaban J connectivity index is 2.16.